The molecule has 36 heavy (non-hydrogen) atoms. The molecule has 4 rings (SSSR count). The Labute approximate surface area is 217 Å². The molecule has 0 unspecified atom stereocenters. The zero-order valence-corrected chi connectivity index (χ0v) is 20.7. The van der Waals surface area contributed by atoms with E-state index in [1.807, 2.05) is 4.90 Å². The van der Waals surface area contributed by atoms with Crippen molar-refractivity contribution in [3.8, 4) is 17.6 Å². The Balaban J connectivity index is 1.67. The van der Waals surface area contributed by atoms with E-state index in [1.165, 1.54) is 37.8 Å². The van der Waals surface area contributed by atoms with E-state index in [0.29, 0.717) is 53.3 Å². The molecule has 0 spiro atoms. The number of β-amino-alcohol motifs (C(OH)–C–C–N with tert-alkyl or cyclic N) is 1. The smallest absolute Gasteiger partial charge is 0.177 e. The Morgan fingerprint density at radius 2 is 1.97 bits per heavy atom. The first kappa shape index (κ1) is 25.5. The molecule has 1 fully saturated rings. The zero-order chi connectivity index (χ0) is 26.0. The molecule has 6 N–H and O–H groups in total. The second-order valence-corrected chi connectivity index (χ2v) is 8.93. The third kappa shape index (κ3) is 5.01. The quantitative estimate of drug-likeness (QED) is 0.204. The minimum Gasteiger partial charge on any atom is -0.493 e. The molecule has 0 amide bonds. The summed E-state index contributed by atoms with van der Waals surface area (Å²) in [6.45, 7) is 0.994. The van der Waals surface area contributed by atoms with Crippen molar-refractivity contribution in [3.63, 3.8) is 0 Å². The minimum absolute atomic E-state index is 0.0190. The van der Waals surface area contributed by atoms with E-state index in [-0.39, 0.29) is 27.2 Å². The van der Waals surface area contributed by atoms with E-state index in [2.05, 4.69) is 16.0 Å². The lowest BCUT2D eigenvalue weighted by molar-refractivity contribution is 0.198. The average Bonchev–Trinajstić information content (AvgIpc) is 3.29. The highest BCUT2D eigenvalue weighted by molar-refractivity contribution is 6.35. The average molecular weight is 528 g/mol. The summed E-state index contributed by atoms with van der Waals surface area (Å²) < 4.78 is 11.3. The number of hydrogen-bond donors (Lipinski definition) is 4. The fourth-order valence-corrected chi connectivity index (χ4v) is 4.53. The van der Waals surface area contributed by atoms with Crippen LogP contribution >= 0.6 is 23.2 Å². The van der Waals surface area contributed by atoms with E-state index in [9.17, 15) is 10.4 Å². The highest BCUT2D eigenvalue weighted by Gasteiger charge is 2.25. The maximum absolute atomic E-state index is 9.83. The fourth-order valence-electron chi connectivity index (χ4n) is 3.95. The van der Waals surface area contributed by atoms with Crippen LogP contribution in [0, 0.1) is 16.7 Å². The molecule has 12 heteroatoms. The number of hydrogen-bond acceptors (Lipinski definition) is 10. The molecule has 3 aromatic rings. The summed E-state index contributed by atoms with van der Waals surface area (Å²) in [5.41, 5.74) is 14.1. The first-order chi connectivity index (χ1) is 17.2. The molecular weight excluding hydrogens is 505 g/mol. The van der Waals surface area contributed by atoms with Crippen LogP contribution in [0.4, 0.5) is 11.5 Å². The van der Waals surface area contributed by atoms with Crippen LogP contribution in [-0.4, -0.2) is 47.1 Å². The van der Waals surface area contributed by atoms with Gasteiger partial charge in [0.1, 0.15) is 11.9 Å². The van der Waals surface area contributed by atoms with Gasteiger partial charge in [0.2, 0.25) is 0 Å². The predicted molar refractivity (Wildman–Crippen MR) is 137 cm³/mol. The van der Waals surface area contributed by atoms with Gasteiger partial charge in [-0.3, -0.25) is 16.1 Å². The number of pyridine rings is 2. The number of methoxy groups -OCH3 is 1. The molecule has 2 atom stereocenters. The van der Waals surface area contributed by atoms with Gasteiger partial charge in [0.25, 0.3) is 0 Å². The van der Waals surface area contributed by atoms with E-state index in [4.69, 9.17) is 49.6 Å². The Morgan fingerprint density at radius 1 is 1.25 bits per heavy atom. The van der Waals surface area contributed by atoms with Crippen molar-refractivity contribution in [1.29, 1.82) is 10.7 Å². The van der Waals surface area contributed by atoms with Gasteiger partial charge in [0.05, 0.1) is 34.5 Å². The van der Waals surface area contributed by atoms with Crippen molar-refractivity contribution in [2.45, 2.75) is 18.8 Å². The van der Waals surface area contributed by atoms with Crippen molar-refractivity contribution in [3.05, 3.63) is 69.1 Å². The minimum atomic E-state index is -1.06. The summed E-state index contributed by atoms with van der Waals surface area (Å²) in [6, 6.07) is 6.74. The van der Waals surface area contributed by atoms with E-state index in [1.54, 1.807) is 6.07 Å². The summed E-state index contributed by atoms with van der Waals surface area (Å²) in [7, 11) is 1.45. The second-order valence-electron chi connectivity index (χ2n) is 8.12. The Bertz CT molecular complexity index is 1340. The maximum Gasteiger partial charge on any atom is 0.177 e. The third-order valence-electron chi connectivity index (χ3n) is 5.77. The van der Waals surface area contributed by atoms with Gasteiger partial charge in [0, 0.05) is 60.1 Å². The summed E-state index contributed by atoms with van der Waals surface area (Å²) in [6.07, 6.45) is 3.38. The van der Waals surface area contributed by atoms with Gasteiger partial charge in [-0.15, -0.1) is 0 Å². The number of nitrogen functional groups attached to an aromatic ring is 1. The van der Waals surface area contributed by atoms with Crippen LogP contribution in [-0.2, 0) is 0 Å². The van der Waals surface area contributed by atoms with Gasteiger partial charge in [0.15, 0.2) is 17.7 Å². The standard InChI is InChI=1S/C24H23Cl2N7O3/c1-35-19-6-18(28)15(5-20(19)36-23(30)21-16(25)9-31-10-17(21)26)22(29)13-4-12(7-27)24(32-8-13)33-3-2-14(34)11-33/h4-6,8-10,14,23,29,34H,2-3,11,28,30H2,1H3/t14-,23-/m0/s1. The first-order valence-corrected chi connectivity index (χ1v) is 11.6. The molecule has 0 aliphatic carbocycles. The summed E-state index contributed by atoms with van der Waals surface area (Å²) in [5, 5.41) is 28.8. The van der Waals surface area contributed by atoms with Crippen LogP contribution in [0.2, 0.25) is 10.0 Å². The van der Waals surface area contributed by atoms with E-state index in [0.717, 1.165) is 0 Å². The molecule has 186 valence electrons. The number of anilines is 2. The largest absolute Gasteiger partial charge is 0.493 e. The van der Waals surface area contributed by atoms with Crippen molar-refractivity contribution < 1.29 is 14.6 Å². The van der Waals surface area contributed by atoms with Crippen molar-refractivity contribution in [1.82, 2.24) is 9.97 Å². The molecule has 0 saturated carbocycles. The highest BCUT2D eigenvalue weighted by atomic mass is 35.5. The van der Waals surface area contributed by atoms with E-state index >= 15 is 0 Å². The molecule has 10 nitrogen and oxygen atoms in total. The Hall–Kier alpha value is -3.62. The molecule has 3 heterocycles. The maximum atomic E-state index is 9.83. The van der Waals surface area contributed by atoms with Crippen molar-refractivity contribution in [2.24, 2.45) is 5.73 Å². The molecule has 0 bridgehead atoms. The third-order valence-corrected chi connectivity index (χ3v) is 6.38. The van der Waals surface area contributed by atoms with Gasteiger partial charge < -0.3 is 25.2 Å². The lowest BCUT2D eigenvalue weighted by atomic mass is 10.00. The number of nitrogens with one attached hydrogen (secondary N) is 1. The lowest BCUT2D eigenvalue weighted by Crippen LogP contribution is -2.23. The predicted octanol–water partition coefficient (Wildman–Crippen LogP) is 3.27. The molecule has 0 radical (unpaired) electrons. The van der Waals surface area contributed by atoms with Crippen LogP contribution in [0.1, 0.15) is 34.9 Å². The topological polar surface area (TPSA) is 167 Å². The number of nitrogens with two attached hydrogens (primary N) is 2. The van der Waals surface area contributed by atoms with Crippen LogP contribution in [0.15, 0.2) is 36.8 Å². The van der Waals surface area contributed by atoms with Crippen molar-refractivity contribution in [2.75, 3.05) is 30.8 Å². The molecular formula is C24H23Cl2N7O3. The monoisotopic (exact) mass is 527 g/mol. The summed E-state index contributed by atoms with van der Waals surface area (Å²) in [5.74, 6) is 0.966. The van der Waals surface area contributed by atoms with Crippen LogP contribution in [0.5, 0.6) is 11.5 Å². The second kappa shape index (κ2) is 10.6. The number of aliphatic hydroxyl groups excluding tert-OH is 1. The number of aliphatic hydroxyl groups is 1. The van der Waals surface area contributed by atoms with Crippen LogP contribution in [0.25, 0.3) is 0 Å². The SMILES string of the molecule is COc1cc(N)c(C(=N)c2cnc(N3CC[C@H](O)C3)c(C#N)c2)cc1O[C@H](N)c1c(Cl)cncc1Cl. The number of halogens is 2. The van der Waals surface area contributed by atoms with Gasteiger partial charge in [-0.25, -0.2) is 4.98 Å². The first-order valence-electron chi connectivity index (χ1n) is 10.8. The van der Waals surface area contributed by atoms with Crippen LogP contribution < -0.4 is 25.8 Å². The number of nitrogens with zero attached hydrogens (tertiary/aromatic N) is 4. The highest BCUT2D eigenvalue weighted by Crippen LogP contribution is 2.37. The van der Waals surface area contributed by atoms with Gasteiger partial charge >= 0.3 is 0 Å². The zero-order valence-electron chi connectivity index (χ0n) is 19.2. The Kier molecular flexibility index (Phi) is 7.47. The summed E-state index contributed by atoms with van der Waals surface area (Å²) in [4.78, 5) is 10.2. The molecule has 1 aliphatic heterocycles. The normalized spacial score (nSPS) is 15.9. The molecule has 1 aliphatic rings. The number of aromatic nitrogens is 2. The number of benzene rings is 1. The number of nitriles is 1. The number of rotatable bonds is 7. The van der Waals surface area contributed by atoms with E-state index < -0.39 is 12.3 Å². The fraction of sp³-hybridized carbons (Fsp3) is 0.250. The molecule has 1 saturated heterocycles. The molecule has 2 aromatic heterocycles. The molecule has 1 aromatic carbocycles. The Morgan fingerprint density at radius 3 is 2.58 bits per heavy atom. The number of ether oxygens (including phenoxy) is 2. The lowest BCUT2D eigenvalue weighted by Gasteiger charge is -2.21. The van der Waals surface area contributed by atoms with Gasteiger partial charge in [-0.1, -0.05) is 23.2 Å². The van der Waals surface area contributed by atoms with Gasteiger partial charge in [-0.05, 0) is 18.6 Å². The van der Waals surface area contributed by atoms with Crippen LogP contribution in [0.3, 0.4) is 0 Å². The van der Waals surface area contributed by atoms with Gasteiger partial charge in [-0.2, -0.15) is 5.26 Å². The van der Waals surface area contributed by atoms with Crippen molar-refractivity contribution >= 4 is 40.4 Å². The summed E-state index contributed by atoms with van der Waals surface area (Å²) >= 11 is 12.4.